The van der Waals surface area contributed by atoms with Crippen LogP contribution < -0.4 is 5.32 Å². The highest BCUT2D eigenvalue weighted by atomic mass is 79.9. The van der Waals surface area contributed by atoms with Crippen molar-refractivity contribution in [2.75, 3.05) is 0 Å². The second-order valence-corrected chi connectivity index (χ2v) is 5.40. The Hall–Kier alpha value is -1.23. The van der Waals surface area contributed by atoms with Crippen LogP contribution in [0.3, 0.4) is 0 Å². The van der Waals surface area contributed by atoms with Gasteiger partial charge in [-0.3, -0.25) is 4.79 Å². The number of amides is 1. The first kappa shape index (κ1) is 12.2. The van der Waals surface area contributed by atoms with E-state index in [1.165, 1.54) is 12.1 Å². The number of phenolic OH excluding ortho intramolecular Hbond substituents is 2. The lowest BCUT2D eigenvalue weighted by atomic mass is 10.1. The Morgan fingerprint density at radius 2 is 2.12 bits per heavy atom. The Kier molecular flexibility index (Phi) is 3.57. The molecule has 1 aromatic carbocycles. The highest BCUT2D eigenvalue weighted by Gasteiger charge is 2.27. The Labute approximate surface area is 108 Å². The van der Waals surface area contributed by atoms with Gasteiger partial charge in [0.05, 0.1) is 5.56 Å². The quantitative estimate of drug-likeness (QED) is 0.733. The number of carbonyl (C=O) groups is 1. The number of alkyl halides is 1. The molecule has 0 spiro atoms. The Balaban J connectivity index is 2.09. The molecule has 1 saturated carbocycles. The first-order chi connectivity index (χ1) is 8.08. The second-order valence-electron chi connectivity index (χ2n) is 4.23. The van der Waals surface area contributed by atoms with Crippen molar-refractivity contribution in [2.24, 2.45) is 0 Å². The number of aromatic hydroxyl groups is 2. The predicted octanol–water partition coefficient (Wildman–Crippen LogP) is 2.14. The van der Waals surface area contributed by atoms with Crippen LogP contribution >= 0.6 is 15.9 Å². The van der Waals surface area contributed by atoms with Crippen molar-refractivity contribution < 1.29 is 15.0 Å². The highest BCUT2D eigenvalue weighted by Crippen LogP contribution is 2.27. The van der Waals surface area contributed by atoms with Crippen molar-refractivity contribution in [3.63, 3.8) is 0 Å². The maximum atomic E-state index is 11.9. The normalized spacial score (nSPS) is 23.6. The van der Waals surface area contributed by atoms with Gasteiger partial charge in [-0.2, -0.15) is 0 Å². The minimum atomic E-state index is -0.307. The van der Waals surface area contributed by atoms with Gasteiger partial charge < -0.3 is 15.5 Å². The lowest BCUT2D eigenvalue weighted by Crippen LogP contribution is -2.37. The zero-order valence-corrected chi connectivity index (χ0v) is 10.8. The molecule has 2 atom stereocenters. The van der Waals surface area contributed by atoms with Crippen LogP contribution in [0.2, 0.25) is 0 Å². The van der Waals surface area contributed by atoms with Gasteiger partial charge in [-0.05, 0) is 25.0 Å². The van der Waals surface area contributed by atoms with E-state index in [-0.39, 0.29) is 29.0 Å². The fourth-order valence-electron chi connectivity index (χ4n) is 2.04. The summed E-state index contributed by atoms with van der Waals surface area (Å²) in [6.07, 6.45) is 3.08. The van der Waals surface area contributed by atoms with Crippen LogP contribution in [0.5, 0.6) is 11.5 Å². The molecule has 0 aliphatic heterocycles. The number of halogens is 1. The van der Waals surface area contributed by atoms with Crippen LogP contribution in [0.4, 0.5) is 0 Å². The van der Waals surface area contributed by atoms with Gasteiger partial charge in [-0.1, -0.05) is 22.4 Å². The maximum Gasteiger partial charge on any atom is 0.255 e. The molecule has 1 aliphatic carbocycles. The van der Waals surface area contributed by atoms with Crippen molar-refractivity contribution in [1.29, 1.82) is 0 Å². The van der Waals surface area contributed by atoms with Crippen LogP contribution in [0, 0.1) is 0 Å². The monoisotopic (exact) mass is 299 g/mol. The SMILES string of the molecule is O=C(NC1CCCC1Br)c1ccc(O)cc1O. The third-order valence-corrected chi connectivity index (χ3v) is 4.07. The number of benzene rings is 1. The summed E-state index contributed by atoms with van der Waals surface area (Å²) in [5.41, 5.74) is 0.189. The summed E-state index contributed by atoms with van der Waals surface area (Å²) in [6.45, 7) is 0. The van der Waals surface area contributed by atoms with E-state index < -0.39 is 0 Å². The van der Waals surface area contributed by atoms with E-state index in [2.05, 4.69) is 21.2 Å². The van der Waals surface area contributed by atoms with E-state index in [1.54, 1.807) is 0 Å². The number of hydrogen-bond donors (Lipinski definition) is 3. The molecule has 1 amide bonds. The van der Waals surface area contributed by atoms with Crippen molar-refractivity contribution in [2.45, 2.75) is 30.1 Å². The zero-order chi connectivity index (χ0) is 12.4. The fourth-order valence-corrected chi connectivity index (χ4v) is 2.76. The average Bonchev–Trinajstić information content (AvgIpc) is 2.64. The van der Waals surface area contributed by atoms with Crippen LogP contribution in [-0.2, 0) is 0 Å². The van der Waals surface area contributed by atoms with Gasteiger partial charge in [0.15, 0.2) is 0 Å². The molecule has 92 valence electrons. The van der Waals surface area contributed by atoms with E-state index >= 15 is 0 Å². The van der Waals surface area contributed by atoms with E-state index in [1.807, 2.05) is 0 Å². The van der Waals surface area contributed by atoms with Crippen molar-refractivity contribution in [1.82, 2.24) is 5.32 Å². The fraction of sp³-hybridized carbons (Fsp3) is 0.417. The minimum Gasteiger partial charge on any atom is -0.508 e. The zero-order valence-electron chi connectivity index (χ0n) is 9.19. The third-order valence-electron chi connectivity index (χ3n) is 2.97. The summed E-state index contributed by atoms with van der Waals surface area (Å²) in [4.78, 5) is 12.2. The number of carbonyl (C=O) groups excluding carboxylic acids is 1. The van der Waals surface area contributed by atoms with Crippen molar-refractivity contribution >= 4 is 21.8 Å². The topological polar surface area (TPSA) is 69.6 Å². The minimum absolute atomic E-state index is 0.0571. The molecule has 0 bridgehead atoms. The molecular weight excluding hydrogens is 286 g/mol. The van der Waals surface area contributed by atoms with Crippen LogP contribution in [0.15, 0.2) is 18.2 Å². The van der Waals surface area contributed by atoms with Gasteiger partial charge in [0.2, 0.25) is 0 Å². The second kappa shape index (κ2) is 4.96. The van der Waals surface area contributed by atoms with E-state index in [0.717, 1.165) is 25.3 Å². The summed E-state index contributed by atoms with van der Waals surface area (Å²) in [7, 11) is 0. The van der Waals surface area contributed by atoms with Crippen LogP contribution in [-0.4, -0.2) is 27.0 Å². The molecule has 1 aliphatic rings. The summed E-state index contributed by atoms with van der Waals surface area (Å²) in [5.74, 6) is -0.566. The van der Waals surface area contributed by atoms with Gasteiger partial charge in [-0.15, -0.1) is 0 Å². The van der Waals surface area contributed by atoms with E-state index in [0.29, 0.717) is 4.83 Å². The molecule has 0 saturated heterocycles. The van der Waals surface area contributed by atoms with Gasteiger partial charge >= 0.3 is 0 Å². The van der Waals surface area contributed by atoms with E-state index in [9.17, 15) is 9.90 Å². The van der Waals surface area contributed by atoms with Crippen molar-refractivity contribution in [3.05, 3.63) is 23.8 Å². The maximum absolute atomic E-state index is 11.9. The predicted molar refractivity (Wildman–Crippen MR) is 67.6 cm³/mol. The molecule has 1 fully saturated rings. The van der Waals surface area contributed by atoms with Gasteiger partial charge in [-0.25, -0.2) is 0 Å². The van der Waals surface area contributed by atoms with Gasteiger partial charge in [0.25, 0.3) is 5.91 Å². The highest BCUT2D eigenvalue weighted by molar-refractivity contribution is 9.09. The van der Waals surface area contributed by atoms with Gasteiger partial charge in [0.1, 0.15) is 11.5 Å². The standard InChI is InChI=1S/C12H14BrNO3/c13-9-2-1-3-10(9)14-12(17)8-5-4-7(15)6-11(8)16/h4-6,9-10,15-16H,1-3H2,(H,14,17). The molecular formula is C12H14BrNO3. The molecule has 0 heterocycles. The molecule has 2 rings (SSSR count). The molecule has 0 aromatic heterocycles. The van der Waals surface area contributed by atoms with Crippen LogP contribution in [0.1, 0.15) is 29.6 Å². The molecule has 1 aromatic rings. The molecule has 0 radical (unpaired) electrons. The number of phenols is 2. The molecule has 2 unspecified atom stereocenters. The van der Waals surface area contributed by atoms with Gasteiger partial charge in [0, 0.05) is 16.9 Å². The van der Waals surface area contributed by atoms with Crippen LogP contribution in [0.25, 0.3) is 0 Å². The molecule has 5 heteroatoms. The first-order valence-electron chi connectivity index (χ1n) is 5.55. The average molecular weight is 300 g/mol. The van der Waals surface area contributed by atoms with E-state index in [4.69, 9.17) is 5.11 Å². The number of hydrogen-bond acceptors (Lipinski definition) is 3. The Bertz CT molecular complexity index is 436. The summed E-state index contributed by atoms with van der Waals surface area (Å²) in [5, 5.41) is 21.6. The number of rotatable bonds is 2. The summed E-state index contributed by atoms with van der Waals surface area (Å²) in [6, 6.07) is 4.07. The smallest absolute Gasteiger partial charge is 0.255 e. The van der Waals surface area contributed by atoms with Crippen molar-refractivity contribution in [3.8, 4) is 11.5 Å². The first-order valence-corrected chi connectivity index (χ1v) is 6.46. The third kappa shape index (κ3) is 2.72. The molecule has 3 N–H and O–H groups in total. The molecule has 17 heavy (non-hydrogen) atoms. The lowest BCUT2D eigenvalue weighted by Gasteiger charge is -2.16. The Morgan fingerprint density at radius 1 is 1.35 bits per heavy atom. The summed E-state index contributed by atoms with van der Waals surface area (Å²) >= 11 is 3.52. The lowest BCUT2D eigenvalue weighted by molar-refractivity contribution is 0.0936. The number of nitrogens with one attached hydrogen (secondary N) is 1. The Morgan fingerprint density at radius 3 is 2.71 bits per heavy atom. The largest absolute Gasteiger partial charge is 0.508 e. The molecule has 4 nitrogen and oxygen atoms in total. The summed E-state index contributed by atoms with van der Waals surface area (Å²) < 4.78 is 0.